The Bertz CT molecular complexity index is 1160. The molecule has 0 unspecified atom stereocenters. The maximum atomic E-state index is 12.4. The van der Waals surface area contributed by atoms with E-state index in [0.29, 0.717) is 22.6 Å². The summed E-state index contributed by atoms with van der Waals surface area (Å²) in [6, 6.07) is 3.29. The lowest BCUT2D eigenvalue weighted by Gasteiger charge is -2.09. The maximum absolute atomic E-state index is 12.4. The molecule has 1 N–H and O–H groups in total. The first-order valence-electron chi connectivity index (χ1n) is 8.05. The Kier molecular flexibility index (Phi) is 4.52. The van der Waals surface area contributed by atoms with Gasteiger partial charge in [-0.3, -0.25) is 13.9 Å². The normalized spacial score (nSPS) is 11.4. The van der Waals surface area contributed by atoms with Crippen molar-refractivity contribution in [3.8, 4) is 17.2 Å². The Balaban J connectivity index is 2.14. The number of phenols is 1. The SMILES string of the molecule is COc1cc(/C=C/c2nc3c(c(=O)n(C)c(=O)n3C)n2C)cc(OC)c1O. The van der Waals surface area contributed by atoms with E-state index in [4.69, 9.17) is 9.47 Å². The van der Waals surface area contributed by atoms with Crippen LogP contribution in [0.15, 0.2) is 21.7 Å². The molecule has 0 aliphatic rings. The van der Waals surface area contributed by atoms with Gasteiger partial charge in [0, 0.05) is 21.1 Å². The van der Waals surface area contributed by atoms with Crippen LogP contribution >= 0.6 is 0 Å². The molecule has 0 radical (unpaired) electrons. The van der Waals surface area contributed by atoms with Gasteiger partial charge in [0.05, 0.1) is 14.2 Å². The minimum Gasteiger partial charge on any atom is -0.502 e. The molecule has 142 valence electrons. The van der Waals surface area contributed by atoms with Gasteiger partial charge in [-0.2, -0.15) is 0 Å². The number of benzene rings is 1. The number of nitrogens with zero attached hydrogens (tertiary/aromatic N) is 4. The Labute approximate surface area is 154 Å². The zero-order valence-electron chi connectivity index (χ0n) is 15.7. The molecule has 3 aromatic rings. The fourth-order valence-electron chi connectivity index (χ4n) is 2.87. The lowest BCUT2D eigenvalue weighted by atomic mass is 10.1. The van der Waals surface area contributed by atoms with E-state index in [1.807, 2.05) is 0 Å². The van der Waals surface area contributed by atoms with Gasteiger partial charge in [-0.05, 0) is 23.8 Å². The average molecular weight is 372 g/mol. The van der Waals surface area contributed by atoms with E-state index in [0.717, 1.165) is 4.57 Å². The largest absolute Gasteiger partial charge is 0.502 e. The summed E-state index contributed by atoms with van der Waals surface area (Å²) in [4.78, 5) is 28.9. The van der Waals surface area contributed by atoms with Crippen LogP contribution in [0.25, 0.3) is 23.3 Å². The molecular weight excluding hydrogens is 352 g/mol. The summed E-state index contributed by atoms with van der Waals surface area (Å²) in [5.74, 6) is 0.957. The molecule has 9 heteroatoms. The van der Waals surface area contributed by atoms with Gasteiger partial charge in [0.25, 0.3) is 5.56 Å². The third kappa shape index (κ3) is 2.86. The smallest absolute Gasteiger partial charge is 0.332 e. The molecule has 2 aromatic heterocycles. The number of ether oxygens (including phenoxy) is 2. The van der Waals surface area contributed by atoms with Crippen LogP contribution in [0.5, 0.6) is 17.2 Å². The summed E-state index contributed by atoms with van der Waals surface area (Å²) in [5.41, 5.74) is 0.506. The third-order valence-corrected chi connectivity index (χ3v) is 4.44. The lowest BCUT2D eigenvalue weighted by molar-refractivity contribution is 0.340. The van der Waals surface area contributed by atoms with Gasteiger partial charge < -0.3 is 19.1 Å². The number of methoxy groups -OCH3 is 2. The van der Waals surface area contributed by atoms with Crippen LogP contribution in [-0.4, -0.2) is 38.0 Å². The van der Waals surface area contributed by atoms with E-state index >= 15 is 0 Å². The number of imidazole rings is 1. The Hall–Kier alpha value is -3.49. The summed E-state index contributed by atoms with van der Waals surface area (Å²) in [6.07, 6.45) is 3.45. The Morgan fingerprint density at radius 1 is 0.963 bits per heavy atom. The monoisotopic (exact) mass is 372 g/mol. The predicted octanol–water partition coefficient (Wildman–Crippen LogP) is 0.864. The molecule has 0 spiro atoms. The molecule has 0 bridgehead atoms. The lowest BCUT2D eigenvalue weighted by Crippen LogP contribution is -2.37. The third-order valence-electron chi connectivity index (χ3n) is 4.44. The zero-order chi connectivity index (χ0) is 19.9. The highest BCUT2D eigenvalue weighted by Crippen LogP contribution is 2.37. The maximum Gasteiger partial charge on any atom is 0.332 e. The van der Waals surface area contributed by atoms with Crippen molar-refractivity contribution >= 4 is 23.3 Å². The topological polar surface area (TPSA) is 101 Å². The Morgan fingerprint density at radius 3 is 2.11 bits per heavy atom. The quantitative estimate of drug-likeness (QED) is 0.729. The number of hydrogen-bond donors (Lipinski definition) is 1. The van der Waals surface area contributed by atoms with Gasteiger partial charge in [0.2, 0.25) is 5.75 Å². The van der Waals surface area contributed by atoms with Gasteiger partial charge >= 0.3 is 5.69 Å². The average Bonchev–Trinajstić information content (AvgIpc) is 3.00. The van der Waals surface area contributed by atoms with Crippen LogP contribution in [0, 0.1) is 0 Å². The van der Waals surface area contributed by atoms with Crippen molar-refractivity contribution in [2.45, 2.75) is 0 Å². The zero-order valence-corrected chi connectivity index (χ0v) is 15.7. The summed E-state index contributed by atoms with van der Waals surface area (Å²) < 4.78 is 14.3. The molecular formula is C18H20N4O5. The number of phenolic OH excluding ortho intramolecular Hbond substituents is 1. The van der Waals surface area contributed by atoms with Gasteiger partial charge in [-0.25, -0.2) is 9.78 Å². The molecule has 3 rings (SSSR count). The van der Waals surface area contributed by atoms with E-state index in [2.05, 4.69) is 4.98 Å². The standard InChI is InChI=1S/C18H20N4O5/c1-20-13(19-16-14(20)17(24)22(3)18(25)21(16)2)7-6-10-8-11(26-4)15(23)12(9-10)27-5/h6-9,23H,1-5H3/b7-6+. The molecule has 9 nitrogen and oxygen atoms in total. The van der Waals surface area contributed by atoms with Crippen LogP contribution in [0.2, 0.25) is 0 Å². The predicted molar refractivity (Wildman–Crippen MR) is 101 cm³/mol. The van der Waals surface area contributed by atoms with Crippen LogP contribution in [0.3, 0.4) is 0 Å². The van der Waals surface area contributed by atoms with Crippen molar-refractivity contribution in [3.05, 3.63) is 44.4 Å². The molecule has 27 heavy (non-hydrogen) atoms. The Morgan fingerprint density at radius 2 is 1.56 bits per heavy atom. The van der Waals surface area contributed by atoms with E-state index in [1.54, 1.807) is 42.9 Å². The molecule has 0 atom stereocenters. The summed E-state index contributed by atoms with van der Waals surface area (Å²) in [7, 11) is 7.61. The van der Waals surface area contributed by atoms with Crippen LogP contribution in [0.4, 0.5) is 0 Å². The summed E-state index contributed by atoms with van der Waals surface area (Å²) in [5, 5.41) is 9.99. The van der Waals surface area contributed by atoms with Crippen LogP contribution in [0.1, 0.15) is 11.4 Å². The van der Waals surface area contributed by atoms with Crippen molar-refractivity contribution in [2.24, 2.45) is 21.1 Å². The van der Waals surface area contributed by atoms with Crippen molar-refractivity contribution in [1.82, 2.24) is 18.7 Å². The number of aromatic hydroxyl groups is 1. The fourth-order valence-corrected chi connectivity index (χ4v) is 2.87. The number of fused-ring (bicyclic) bond motifs is 1. The van der Waals surface area contributed by atoms with Crippen molar-refractivity contribution < 1.29 is 14.6 Å². The first-order valence-corrected chi connectivity index (χ1v) is 8.05. The molecule has 1 aromatic carbocycles. The van der Waals surface area contributed by atoms with Gasteiger partial charge in [0.1, 0.15) is 5.82 Å². The highest BCUT2D eigenvalue weighted by atomic mass is 16.5. The minimum absolute atomic E-state index is 0.0848. The second-order valence-corrected chi connectivity index (χ2v) is 6.01. The van der Waals surface area contributed by atoms with Crippen molar-refractivity contribution in [3.63, 3.8) is 0 Å². The highest BCUT2D eigenvalue weighted by molar-refractivity contribution is 5.77. The summed E-state index contributed by atoms with van der Waals surface area (Å²) in [6.45, 7) is 0. The molecule has 0 aliphatic carbocycles. The van der Waals surface area contributed by atoms with Crippen LogP contribution in [-0.2, 0) is 21.1 Å². The second kappa shape index (κ2) is 6.67. The van der Waals surface area contributed by atoms with Gasteiger partial charge in [-0.1, -0.05) is 6.08 Å². The number of aryl methyl sites for hydroxylation is 2. The number of aromatic nitrogens is 4. The molecule has 0 amide bonds. The van der Waals surface area contributed by atoms with Crippen molar-refractivity contribution in [1.29, 1.82) is 0 Å². The molecule has 0 saturated carbocycles. The molecule has 0 saturated heterocycles. The van der Waals surface area contributed by atoms with Crippen LogP contribution < -0.4 is 20.7 Å². The molecule has 0 fully saturated rings. The highest BCUT2D eigenvalue weighted by Gasteiger charge is 2.16. The first kappa shape index (κ1) is 18.3. The fraction of sp³-hybridized carbons (Fsp3) is 0.278. The first-order chi connectivity index (χ1) is 12.8. The molecule has 0 aliphatic heterocycles. The van der Waals surface area contributed by atoms with E-state index < -0.39 is 11.2 Å². The van der Waals surface area contributed by atoms with E-state index in [9.17, 15) is 14.7 Å². The minimum atomic E-state index is -0.436. The van der Waals surface area contributed by atoms with Gasteiger partial charge in [-0.15, -0.1) is 0 Å². The second-order valence-electron chi connectivity index (χ2n) is 6.01. The summed E-state index contributed by atoms with van der Waals surface area (Å²) >= 11 is 0. The number of rotatable bonds is 4. The van der Waals surface area contributed by atoms with Gasteiger partial charge in [0.15, 0.2) is 22.7 Å². The van der Waals surface area contributed by atoms with E-state index in [-0.39, 0.29) is 17.2 Å². The van der Waals surface area contributed by atoms with E-state index in [1.165, 1.54) is 25.8 Å². The molecule has 2 heterocycles. The number of hydrogen-bond acceptors (Lipinski definition) is 6. The van der Waals surface area contributed by atoms with Crippen molar-refractivity contribution in [2.75, 3.05) is 14.2 Å².